The smallest absolute Gasteiger partial charge is 0.0684 e. The molecule has 1 rings (SSSR count). The van der Waals surface area contributed by atoms with Crippen LogP contribution in [0.5, 0.6) is 0 Å². The molecular weight excluding hydrogens is 172 g/mol. The van der Waals surface area contributed by atoms with Crippen LogP contribution in [-0.4, -0.2) is 10.7 Å². The van der Waals surface area contributed by atoms with Crippen LogP contribution >= 0.6 is 0 Å². The van der Waals surface area contributed by atoms with Gasteiger partial charge in [0.25, 0.3) is 0 Å². The minimum atomic E-state index is -0.431. The minimum Gasteiger partial charge on any atom is -0.390 e. The predicted octanol–water partition coefficient (Wildman–Crippen LogP) is 3.53. The van der Waals surface area contributed by atoms with E-state index in [1.807, 2.05) is 6.08 Å². The average Bonchev–Trinajstić information content (AvgIpc) is 2.02. The van der Waals surface area contributed by atoms with Crippen LogP contribution in [0.4, 0.5) is 0 Å². The molecule has 82 valence electrons. The third kappa shape index (κ3) is 3.45. The van der Waals surface area contributed by atoms with Crippen LogP contribution in [0, 0.1) is 11.8 Å². The van der Waals surface area contributed by atoms with Gasteiger partial charge in [-0.25, -0.2) is 0 Å². The van der Waals surface area contributed by atoms with Gasteiger partial charge in [-0.1, -0.05) is 32.8 Å². The van der Waals surface area contributed by atoms with E-state index in [4.69, 9.17) is 0 Å². The molecule has 0 heterocycles. The topological polar surface area (TPSA) is 20.2 Å². The predicted molar refractivity (Wildman–Crippen MR) is 61.2 cm³/mol. The Balaban J connectivity index is 2.46. The summed E-state index contributed by atoms with van der Waals surface area (Å²) in [7, 11) is 0. The van der Waals surface area contributed by atoms with Gasteiger partial charge in [0.1, 0.15) is 0 Å². The molecule has 0 spiro atoms. The van der Waals surface area contributed by atoms with Gasteiger partial charge in [-0.15, -0.1) is 6.58 Å². The van der Waals surface area contributed by atoms with Crippen LogP contribution in [-0.2, 0) is 0 Å². The van der Waals surface area contributed by atoms with E-state index in [1.165, 1.54) is 19.3 Å². The molecule has 1 aliphatic carbocycles. The molecule has 1 N–H and O–H groups in total. The lowest BCUT2D eigenvalue weighted by molar-refractivity contribution is -0.0166. The molecule has 1 aliphatic rings. The molecular formula is C13H24O. The Bertz CT molecular complexity index is 186. The zero-order valence-electron chi connectivity index (χ0n) is 9.63. The molecule has 0 aromatic rings. The fraction of sp³-hybridized carbons (Fsp3) is 0.846. The summed E-state index contributed by atoms with van der Waals surface area (Å²) in [6.07, 6.45) is 8.32. The summed E-state index contributed by atoms with van der Waals surface area (Å²) < 4.78 is 0. The Kier molecular flexibility index (Phi) is 4.18. The van der Waals surface area contributed by atoms with Crippen LogP contribution in [0.1, 0.15) is 52.4 Å². The fourth-order valence-corrected chi connectivity index (χ4v) is 2.78. The first-order valence-corrected chi connectivity index (χ1v) is 5.89. The van der Waals surface area contributed by atoms with Gasteiger partial charge in [0.15, 0.2) is 0 Å². The van der Waals surface area contributed by atoms with Gasteiger partial charge in [-0.3, -0.25) is 0 Å². The average molecular weight is 196 g/mol. The molecule has 0 aliphatic heterocycles. The van der Waals surface area contributed by atoms with Gasteiger partial charge in [0, 0.05) is 0 Å². The van der Waals surface area contributed by atoms with Crippen LogP contribution in [0.25, 0.3) is 0 Å². The van der Waals surface area contributed by atoms with Gasteiger partial charge < -0.3 is 5.11 Å². The van der Waals surface area contributed by atoms with E-state index in [-0.39, 0.29) is 0 Å². The summed E-state index contributed by atoms with van der Waals surface area (Å²) in [4.78, 5) is 0. The van der Waals surface area contributed by atoms with Crippen molar-refractivity contribution >= 4 is 0 Å². The number of hydrogen-bond acceptors (Lipinski definition) is 1. The molecule has 0 aromatic heterocycles. The highest BCUT2D eigenvalue weighted by molar-refractivity contribution is 4.91. The van der Waals surface area contributed by atoms with E-state index < -0.39 is 5.60 Å². The lowest BCUT2D eigenvalue weighted by atomic mass is 9.74. The summed E-state index contributed by atoms with van der Waals surface area (Å²) >= 11 is 0. The molecule has 0 bridgehead atoms. The normalized spacial score (nSPS) is 33.3. The lowest BCUT2D eigenvalue weighted by Gasteiger charge is -2.37. The third-order valence-corrected chi connectivity index (χ3v) is 3.25. The molecule has 2 atom stereocenters. The van der Waals surface area contributed by atoms with Crippen molar-refractivity contribution in [2.24, 2.45) is 11.8 Å². The highest BCUT2D eigenvalue weighted by Gasteiger charge is 2.33. The van der Waals surface area contributed by atoms with Gasteiger partial charge >= 0.3 is 0 Å². The van der Waals surface area contributed by atoms with Crippen LogP contribution < -0.4 is 0 Å². The van der Waals surface area contributed by atoms with Gasteiger partial charge in [-0.05, 0) is 37.5 Å². The van der Waals surface area contributed by atoms with Crippen LogP contribution in [0.2, 0.25) is 0 Å². The number of aliphatic hydroxyl groups is 1. The first-order chi connectivity index (χ1) is 6.56. The maximum atomic E-state index is 10.3. The Morgan fingerprint density at radius 3 is 2.86 bits per heavy atom. The second-order valence-corrected chi connectivity index (χ2v) is 5.31. The summed E-state index contributed by atoms with van der Waals surface area (Å²) in [5.41, 5.74) is -0.431. The van der Waals surface area contributed by atoms with Gasteiger partial charge in [0.2, 0.25) is 0 Å². The Morgan fingerprint density at radius 2 is 2.29 bits per heavy atom. The second-order valence-electron chi connectivity index (χ2n) is 5.31. The molecule has 2 unspecified atom stereocenters. The van der Waals surface area contributed by atoms with Crippen molar-refractivity contribution in [2.75, 3.05) is 0 Å². The van der Waals surface area contributed by atoms with E-state index in [9.17, 15) is 5.11 Å². The highest BCUT2D eigenvalue weighted by Crippen LogP contribution is 2.37. The Morgan fingerprint density at radius 1 is 1.57 bits per heavy atom. The van der Waals surface area contributed by atoms with Crippen molar-refractivity contribution < 1.29 is 5.11 Å². The SMILES string of the molecule is C=CCC1(O)CCCC(CC(C)C)C1. The lowest BCUT2D eigenvalue weighted by Crippen LogP contribution is -2.35. The van der Waals surface area contributed by atoms with E-state index in [1.54, 1.807) is 0 Å². The Labute approximate surface area is 88.2 Å². The molecule has 0 amide bonds. The van der Waals surface area contributed by atoms with E-state index in [0.29, 0.717) is 0 Å². The van der Waals surface area contributed by atoms with Crippen molar-refractivity contribution in [1.29, 1.82) is 0 Å². The maximum absolute atomic E-state index is 10.3. The number of hydrogen-bond donors (Lipinski definition) is 1. The summed E-state index contributed by atoms with van der Waals surface area (Å²) in [5.74, 6) is 1.49. The van der Waals surface area contributed by atoms with Gasteiger partial charge in [-0.2, -0.15) is 0 Å². The van der Waals surface area contributed by atoms with Crippen molar-refractivity contribution in [2.45, 2.75) is 58.0 Å². The summed E-state index contributed by atoms with van der Waals surface area (Å²) in [6.45, 7) is 8.26. The quantitative estimate of drug-likeness (QED) is 0.682. The highest BCUT2D eigenvalue weighted by atomic mass is 16.3. The molecule has 0 aromatic carbocycles. The monoisotopic (exact) mass is 196 g/mol. The zero-order chi connectivity index (χ0) is 10.6. The standard InChI is InChI=1S/C13H24O/c1-4-7-13(14)8-5-6-12(10-13)9-11(2)3/h4,11-12,14H,1,5-10H2,2-3H3. The molecule has 1 saturated carbocycles. The van der Waals surface area contributed by atoms with Crippen molar-refractivity contribution in [1.82, 2.24) is 0 Å². The van der Waals surface area contributed by atoms with E-state index in [2.05, 4.69) is 20.4 Å². The fourth-order valence-electron chi connectivity index (χ4n) is 2.78. The third-order valence-electron chi connectivity index (χ3n) is 3.25. The maximum Gasteiger partial charge on any atom is 0.0684 e. The summed E-state index contributed by atoms with van der Waals surface area (Å²) in [6, 6.07) is 0. The van der Waals surface area contributed by atoms with Gasteiger partial charge in [0.05, 0.1) is 5.60 Å². The van der Waals surface area contributed by atoms with Crippen molar-refractivity contribution in [3.05, 3.63) is 12.7 Å². The zero-order valence-corrected chi connectivity index (χ0v) is 9.63. The molecule has 0 saturated heterocycles. The van der Waals surface area contributed by atoms with Crippen molar-refractivity contribution in [3.8, 4) is 0 Å². The van der Waals surface area contributed by atoms with Crippen LogP contribution in [0.15, 0.2) is 12.7 Å². The molecule has 1 fully saturated rings. The second kappa shape index (κ2) is 4.97. The van der Waals surface area contributed by atoms with E-state index >= 15 is 0 Å². The summed E-state index contributed by atoms with van der Waals surface area (Å²) in [5, 5.41) is 10.3. The Hall–Kier alpha value is -0.300. The van der Waals surface area contributed by atoms with E-state index in [0.717, 1.165) is 31.1 Å². The van der Waals surface area contributed by atoms with Crippen molar-refractivity contribution in [3.63, 3.8) is 0 Å². The molecule has 0 radical (unpaired) electrons. The first kappa shape index (κ1) is 11.8. The number of rotatable bonds is 4. The molecule has 14 heavy (non-hydrogen) atoms. The minimum absolute atomic E-state index is 0.431. The molecule has 1 heteroatoms. The first-order valence-electron chi connectivity index (χ1n) is 5.89. The largest absolute Gasteiger partial charge is 0.390 e. The van der Waals surface area contributed by atoms with Crippen LogP contribution in [0.3, 0.4) is 0 Å². The molecule has 1 nitrogen and oxygen atoms in total.